The van der Waals surface area contributed by atoms with Gasteiger partial charge in [-0.25, -0.2) is 0 Å². The summed E-state index contributed by atoms with van der Waals surface area (Å²) < 4.78 is 39.9. The molecule has 33 heavy (non-hydrogen) atoms. The fraction of sp³-hybridized carbons (Fsp3) is 0.455. The standard InChI is InChI=1S/C22H26F3N3OS.Ce.2ClH/c23-22(24,25)17-6-7-21-19(16-17)28(18-4-1-2-5-20(18)30-21)9-3-8-26-10-12-27(13-11-26)14-15-29;;;/h1-2,4-7,16,29H,3,8-15H2;;2*1H. The van der Waals surface area contributed by atoms with Crippen LogP contribution in [-0.2, 0) is 6.18 Å². The number of nitrogens with zero attached hydrogens (tertiary/aromatic N) is 3. The van der Waals surface area contributed by atoms with E-state index in [1.807, 2.05) is 29.2 Å². The van der Waals surface area contributed by atoms with Crippen molar-refractivity contribution in [3.8, 4) is 0 Å². The molecule has 0 aliphatic carbocycles. The van der Waals surface area contributed by atoms with Crippen molar-refractivity contribution in [1.29, 1.82) is 0 Å². The molecule has 1 fully saturated rings. The molecule has 0 spiro atoms. The SMILES string of the molecule is Cl.Cl.OCCN1CCN(CCCN2c3ccccc3Sc3ccc(C(F)(F)F)cc32)CC1.[Ce]. The van der Waals surface area contributed by atoms with E-state index < -0.39 is 11.7 Å². The van der Waals surface area contributed by atoms with E-state index in [1.54, 1.807) is 6.07 Å². The number of aliphatic hydroxyl groups excluding tert-OH is 1. The number of anilines is 2. The van der Waals surface area contributed by atoms with Gasteiger partial charge in [0, 0.05) is 90.8 Å². The second kappa shape index (κ2) is 14.1. The van der Waals surface area contributed by atoms with Gasteiger partial charge in [0.25, 0.3) is 0 Å². The minimum absolute atomic E-state index is 0. The van der Waals surface area contributed by atoms with Crippen LogP contribution in [-0.4, -0.2) is 67.3 Å². The number of alkyl halides is 3. The number of piperazine rings is 1. The molecule has 2 aromatic rings. The molecule has 0 amide bonds. The van der Waals surface area contributed by atoms with E-state index in [9.17, 15) is 13.2 Å². The van der Waals surface area contributed by atoms with Crippen LogP contribution in [0.1, 0.15) is 12.0 Å². The summed E-state index contributed by atoms with van der Waals surface area (Å²) in [5, 5.41) is 9.07. The largest absolute Gasteiger partial charge is 0.416 e. The summed E-state index contributed by atoms with van der Waals surface area (Å²) in [5.74, 6) is 0. The van der Waals surface area contributed by atoms with Crippen molar-refractivity contribution in [3.63, 3.8) is 0 Å². The second-order valence-corrected chi connectivity index (χ2v) is 8.75. The first kappa shape index (κ1) is 31.2. The Kier molecular flexibility index (Phi) is 13.3. The van der Waals surface area contributed by atoms with Crippen molar-refractivity contribution in [2.45, 2.75) is 22.4 Å². The second-order valence-electron chi connectivity index (χ2n) is 7.66. The number of aliphatic hydroxyl groups is 1. The smallest absolute Gasteiger partial charge is 0.395 e. The molecule has 182 valence electrons. The van der Waals surface area contributed by atoms with Crippen LogP contribution >= 0.6 is 36.6 Å². The molecule has 2 aliphatic rings. The summed E-state index contributed by atoms with van der Waals surface area (Å²) in [6, 6.07) is 11.9. The first-order valence-electron chi connectivity index (χ1n) is 10.3. The molecule has 0 unspecified atom stereocenters. The predicted octanol–water partition coefficient (Wildman–Crippen LogP) is 5.15. The van der Waals surface area contributed by atoms with E-state index in [0.717, 1.165) is 54.6 Å². The minimum atomic E-state index is -4.35. The number of β-amino-alcohol motifs (C(OH)–C–C–N with tert-alkyl or cyclic N) is 1. The maximum Gasteiger partial charge on any atom is 0.416 e. The molecule has 11 heteroatoms. The van der Waals surface area contributed by atoms with E-state index >= 15 is 0 Å². The zero-order valence-electron chi connectivity index (χ0n) is 18.1. The van der Waals surface area contributed by atoms with Gasteiger partial charge >= 0.3 is 6.18 Å². The number of para-hydroxylation sites is 1. The number of hydrogen-bond donors (Lipinski definition) is 1. The molecule has 2 aliphatic heterocycles. The van der Waals surface area contributed by atoms with Crippen LogP contribution in [0.4, 0.5) is 24.5 Å². The molecular formula is C22H28CeCl2F3N3OS. The summed E-state index contributed by atoms with van der Waals surface area (Å²) in [6.07, 6.45) is -3.48. The molecule has 0 bridgehead atoms. The van der Waals surface area contributed by atoms with Gasteiger partial charge in [-0.2, -0.15) is 13.2 Å². The van der Waals surface area contributed by atoms with Gasteiger partial charge in [0.2, 0.25) is 0 Å². The van der Waals surface area contributed by atoms with Crippen LogP contribution in [0.5, 0.6) is 0 Å². The third kappa shape index (κ3) is 7.85. The number of benzene rings is 2. The summed E-state index contributed by atoms with van der Waals surface area (Å²) in [6.45, 7) is 6.29. The Balaban J connectivity index is 0.00000181. The number of hydrogen-bond acceptors (Lipinski definition) is 5. The molecule has 2 heterocycles. The number of halogens is 5. The Hall–Kier alpha value is 0.217. The molecule has 0 radical (unpaired) electrons. The number of rotatable bonds is 6. The Morgan fingerprint density at radius 3 is 2.06 bits per heavy atom. The fourth-order valence-electron chi connectivity index (χ4n) is 4.08. The van der Waals surface area contributed by atoms with Gasteiger partial charge < -0.3 is 14.9 Å². The van der Waals surface area contributed by atoms with Gasteiger partial charge in [-0.05, 0) is 43.3 Å². The average molecular weight is 651 g/mol. The van der Waals surface area contributed by atoms with Crippen LogP contribution < -0.4 is 4.90 Å². The Morgan fingerprint density at radius 2 is 1.42 bits per heavy atom. The van der Waals surface area contributed by atoms with Crippen LogP contribution in [0.3, 0.4) is 0 Å². The summed E-state index contributed by atoms with van der Waals surface area (Å²) >= 11 is 1.53. The van der Waals surface area contributed by atoms with Gasteiger partial charge in [0.05, 0.1) is 23.5 Å². The van der Waals surface area contributed by atoms with Crippen molar-refractivity contribution in [2.75, 3.05) is 57.3 Å². The molecule has 4 nitrogen and oxygen atoms in total. The maximum absolute atomic E-state index is 13.3. The third-order valence-corrected chi connectivity index (χ3v) is 6.82. The van der Waals surface area contributed by atoms with E-state index in [1.165, 1.54) is 23.9 Å². The molecule has 1 N–H and O–H groups in total. The molecule has 1 saturated heterocycles. The van der Waals surface area contributed by atoms with E-state index in [0.29, 0.717) is 18.8 Å². The van der Waals surface area contributed by atoms with Gasteiger partial charge in [0.1, 0.15) is 0 Å². The Bertz CT molecular complexity index is 886. The zero-order valence-corrected chi connectivity index (χ0v) is 23.6. The predicted molar refractivity (Wildman–Crippen MR) is 128 cm³/mol. The van der Waals surface area contributed by atoms with Gasteiger partial charge in [-0.1, -0.05) is 23.9 Å². The first-order valence-corrected chi connectivity index (χ1v) is 11.1. The van der Waals surface area contributed by atoms with Crippen LogP contribution in [0.2, 0.25) is 0 Å². The van der Waals surface area contributed by atoms with Gasteiger partial charge in [-0.15, -0.1) is 24.8 Å². The minimum Gasteiger partial charge on any atom is -0.395 e. The monoisotopic (exact) mass is 649 g/mol. The summed E-state index contributed by atoms with van der Waals surface area (Å²) in [4.78, 5) is 8.62. The van der Waals surface area contributed by atoms with Crippen LogP contribution in [0.15, 0.2) is 52.3 Å². The quantitative estimate of drug-likeness (QED) is 0.468. The number of fused-ring (bicyclic) bond motifs is 2. The van der Waals surface area contributed by atoms with Crippen LogP contribution in [0, 0.1) is 41.7 Å². The molecule has 0 aromatic heterocycles. The van der Waals surface area contributed by atoms with Crippen molar-refractivity contribution in [3.05, 3.63) is 48.0 Å². The maximum atomic E-state index is 13.3. The summed E-state index contributed by atoms with van der Waals surface area (Å²) in [5.41, 5.74) is 1.01. The molecular weight excluding hydrogens is 622 g/mol. The van der Waals surface area contributed by atoms with Gasteiger partial charge in [0.15, 0.2) is 0 Å². The van der Waals surface area contributed by atoms with Crippen molar-refractivity contribution >= 4 is 48.0 Å². The summed E-state index contributed by atoms with van der Waals surface area (Å²) in [7, 11) is 0. The Labute approximate surface area is 243 Å². The van der Waals surface area contributed by atoms with Crippen molar-refractivity contribution < 1.29 is 60.0 Å². The van der Waals surface area contributed by atoms with Crippen LogP contribution in [0.25, 0.3) is 0 Å². The topological polar surface area (TPSA) is 30.0 Å². The van der Waals surface area contributed by atoms with E-state index in [2.05, 4.69) is 9.80 Å². The van der Waals surface area contributed by atoms with Crippen molar-refractivity contribution in [2.24, 2.45) is 0 Å². The zero-order chi connectivity index (χ0) is 21.1. The van der Waals surface area contributed by atoms with E-state index in [-0.39, 0.29) is 73.2 Å². The molecule has 4 rings (SSSR count). The van der Waals surface area contributed by atoms with E-state index in [4.69, 9.17) is 5.11 Å². The van der Waals surface area contributed by atoms with Crippen molar-refractivity contribution in [1.82, 2.24) is 9.80 Å². The first-order chi connectivity index (χ1) is 14.5. The molecule has 2 aromatic carbocycles. The van der Waals surface area contributed by atoms with Gasteiger partial charge in [-0.3, -0.25) is 4.90 Å². The molecule has 0 saturated carbocycles. The third-order valence-electron chi connectivity index (χ3n) is 5.69. The average Bonchev–Trinajstić information content (AvgIpc) is 2.73. The normalized spacial score (nSPS) is 16.1. The fourth-order valence-corrected chi connectivity index (χ4v) is 5.15. The molecule has 0 atom stereocenters. The Morgan fingerprint density at radius 1 is 0.818 bits per heavy atom.